The molecule has 4 N–H and O–H groups in total. The van der Waals surface area contributed by atoms with Gasteiger partial charge in [0.15, 0.2) is 0 Å². The molecule has 242 valence electrons. The maximum absolute atomic E-state index is 12.9. The van der Waals surface area contributed by atoms with Crippen LogP contribution in [0.5, 0.6) is 0 Å². The van der Waals surface area contributed by atoms with Gasteiger partial charge in [0.25, 0.3) is 0 Å². The molecule has 3 aliphatic rings. The Bertz CT molecular complexity index is 1840. The SMILES string of the molecule is Cc1c(CN2CCC(Nc3ncnc4sc(CC(F)(F)F)cc34)CC2)ccc2c1cc(C#N)n2CC1CC2CC2(NC(=O)CN)C1. The number of nitrogens with two attached hydrogens (primary N) is 1. The molecular formula is C33H37F3N8OS. The summed E-state index contributed by atoms with van der Waals surface area (Å²) >= 11 is 1.06. The van der Waals surface area contributed by atoms with Gasteiger partial charge in [-0.2, -0.15) is 18.4 Å². The van der Waals surface area contributed by atoms with Crippen molar-refractivity contribution in [2.75, 3.05) is 25.0 Å². The second-order valence-electron chi connectivity index (χ2n) is 13.3. The van der Waals surface area contributed by atoms with Crippen LogP contribution in [-0.4, -0.2) is 62.7 Å². The van der Waals surface area contributed by atoms with Gasteiger partial charge >= 0.3 is 6.18 Å². The Hall–Kier alpha value is -3.73. The lowest BCUT2D eigenvalue weighted by atomic mass is 10.0. The van der Waals surface area contributed by atoms with Crippen molar-refractivity contribution in [2.45, 2.75) is 76.3 Å². The predicted molar refractivity (Wildman–Crippen MR) is 171 cm³/mol. The molecule has 1 aliphatic heterocycles. The van der Waals surface area contributed by atoms with E-state index in [1.807, 2.05) is 6.07 Å². The zero-order chi connectivity index (χ0) is 32.2. The molecule has 0 radical (unpaired) electrons. The number of benzene rings is 1. The number of amides is 1. The first-order chi connectivity index (χ1) is 22.0. The van der Waals surface area contributed by atoms with Gasteiger partial charge in [-0.1, -0.05) is 6.07 Å². The average molecular weight is 651 g/mol. The zero-order valence-corrected chi connectivity index (χ0v) is 26.5. The number of hydrogen-bond donors (Lipinski definition) is 3. The van der Waals surface area contributed by atoms with Gasteiger partial charge < -0.3 is 20.9 Å². The van der Waals surface area contributed by atoms with Gasteiger partial charge in [-0.05, 0) is 80.2 Å². The Labute approximate surface area is 269 Å². The fourth-order valence-electron chi connectivity index (χ4n) is 7.83. The van der Waals surface area contributed by atoms with E-state index in [1.54, 1.807) is 6.07 Å². The largest absolute Gasteiger partial charge is 0.393 e. The topological polar surface area (TPSA) is 125 Å². The first-order valence-corrected chi connectivity index (χ1v) is 16.7. The van der Waals surface area contributed by atoms with Crippen LogP contribution < -0.4 is 16.4 Å². The van der Waals surface area contributed by atoms with E-state index in [4.69, 9.17) is 5.73 Å². The van der Waals surface area contributed by atoms with Crippen LogP contribution >= 0.6 is 11.3 Å². The smallest absolute Gasteiger partial charge is 0.367 e. The summed E-state index contributed by atoms with van der Waals surface area (Å²) < 4.78 is 41.0. The number of aryl methyl sites for hydroxylation is 1. The molecule has 4 aromatic rings. The van der Waals surface area contributed by atoms with Crippen LogP contribution in [0.4, 0.5) is 19.0 Å². The number of alkyl halides is 3. The average Bonchev–Trinajstić information content (AvgIpc) is 3.30. The van der Waals surface area contributed by atoms with Crippen LogP contribution in [-0.2, 0) is 24.3 Å². The van der Waals surface area contributed by atoms with Gasteiger partial charge in [0.1, 0.15) is 28.7 Å². The highest BCUT2D eigenvalue weighted by atomic mass is 32.1. The van der Waals surface area contributed by atoms with Gasteiger partial charge in [-0.3, -0.25) is 9.69 Å². The van der Waals surface area contributed by atoms with Crippen molar-refractivity contribution in [1.29, 1.82) is 5.26 Å². The van der Waals surface area contributed by atoms with Gasteiger partial charge in [0.05, 0.1) is 18.4 Å². The van der Waals surface area contributed by atoms with Crippen LogP contribution in [0.3, 0.4) is 0 Å². The number of halogens is 3. The molecule has 0 bridgehead atoms. The molecule has 3 unspecified atom stereocenters. The van der Waals surface area contributed by atoms with Gasteiger partial charge in [0, 0.05) is 53.5 Å². The van der Waals surface area contributed by atoms with Crippen molar-refractivity contribution >= 4 is 44.2 Å². The van der Waals surface area contributed by atoms with Crippen molar-refractivity contribution < 1.29 is 18.0 Å². The van der Waals surface area contributed by atoms with Crippen LogP contribution in [0, 0.1) is 30.1 Å². The Balaban J connectivity index is 0.988. The number of thiophene rings is 1. The molecule has 2 aliphatic carbocycles. The highest BCUT2D eigenvalue weighted by Gasteiger charge is 2.60. The Kier molecular flexibility index (Phi) is 7.93. The summed E-state index contributed by atoms with van der Waals surface area (Å²) in [4.78, 5) is 23.7. The number of nitrogens with zero attached hydrogens (tertiary/aromatic N) is 5. The summed E-state index contributed by atoms with van der Waals surface area (Å²) in [5, 5.41) is 18.4. The highest BCUT2D eigenvalue weighted by molar-refractivity contribution is 7.18. The summed E-state index contributed by atoms with van der Waals surface area (Å²) in [5.74, 6) is 1.40. The Morgan fingerprint density at radius 3 is 2.74 bits per heavy atom. The van der Waals surface area contributed by atoms with Crippen LogP contribution in [0.25, 0.3) is 21.1 Å². The molecule has 46 heavy (non-hydrogen) atoms. The second-order valence-corrected chi connectivity index (χ2v) is 14.4. The van der Waals surface area contributed by atoms with Gasteiger partial charge in [-0.15, -0.1) is 11.3 Å². The minimum atomic E-state index is -4.26. The first-order valence-electron chi connectivity index (χ1n) is 15.9. The van der Waals surface area contributed by atoms with E-state index >= 15 is 0 Å². The number of anilines is 1. The normalized spacial score (nSPS) is 23.5. The first kappa shape index (κ1) is 30.9. The number of nitrogens with one attached hydrogen (secondary N) is 2. The minimum absolute atomic E-state index is 0.00988. The summed E-state index contributed by atoms with van der Waals surface area (Å²) in [6.07, 6.45) is 0.952. The van der Waals surface area contributed by atoms with Crippen molar-refractivity contribution in [2.24, 2.45) is 17.6 Å². The van der Waals surface area contributed by atoms with Gasteiger partial charge in [0.2, 0.25) is 5.91 Å². The Morgan fingerprint density at radius 1 is 1.20 bits per heavy atom. The molecule has 3 aromatic heterocycles. The molecular weight excluding hydrogens is 613 g/mol. The predicted octanol–water partition coefficient (Wildman–Crippen LogP) is 5.25. The second kappa shape index (κ2) is 11.8. The number of nitriles is 1. The number of aromatic nitrogens is 3. The van der Waals surface area contributed by atoms with Crippen molar-refractivity contribution in [3.05, 3.63) is 52.3 Å². The van der Waals surface area contributed by atoms with E-state index in [1.165, 1.54) is 17.5 Å². The van der Waals surface area contributed by atoms with E-state index in [-0.39, 0.29) is 28.9 Å². The summed E-state index contributed by atoms with van der Waals surface area (Å²) in [6.45, 7) is 5.46. The number of carbonyl (C=O) groups excluding carboxylic acids is 1. The zero-order valence-electron chi connectivity index (χ0n) is 25.7. The van der Waals surface area contributed by atoms with E-state index in [0.29, 0.717) is 33.6 Å². The molecule has 13 heteroatoms. The quantitative estimate of drug-likeness (QED) is 0.226. The van der Waals surface area contributed by atoms with E-state index < -0.39 is 12.6 Å². The van der Waals surface area contributed by atoms with Crippen LogP contribution in [0.2, 0.25) is 0 Å². The molecule has 7 rings (SSSR count). The molecule has 1 aromatic carbocycles. The molecule has 1 saturated heterocycles. The fourth-order valence-corrected chi connectivity index (χ4v) is 8.85. The number of fused-ring (bicyclic) bond motifs is 3. The lowest BCUT2D eigenvalue weighted by Crippen LogP contribution is -2.41. The highest BCUT2D eigenvalue weighted by Crippen LogP contribution is 2.58. The minimum Gasteiger partial charge on any atom is -0.367 e. The third kappa shape index (κ3) is 6.06. The number of carbonyl (C=O) groups is 1. The summed E-state index contributed by atoms with van der Waals surface area (Å²) in [5.41, 5.74) is 9.59. The summed E-state index contributed by atoms with van der Waals surface area (Å²) in [7, 11) is 0. The van der Waals surface area contributed by atoms with E-state index in [0.717, 1.165) is 80.5 Å². The number of hydrogen-bond acceptors (Lipinski definition) is 8. The van der Waals surface area contributed by atoms with Crippen molar-refractivity contribution in [1.82, 2.24) is 24.8 Å². The molecule has 4 heterocycles. The monoisotopic (exact) mass is 650 g/mol. The number of likely N-dealkylation sites (tertiary alicyclic amines) is 1. The van der Waals surface area contributed by atoms with Crippen LogP contribution in [0.15, 0.2) is 30.6 Å². The molecule has 0 spiro atoms. The van der Waals surface area contributed by atoms with E-state index in [9.17, 15) is 23.2 Å². The lowest BCUT2D eigenvalue weighted by Gasteiger charge is -2.33. The van der Waals surface area contributed by atoms with E-state index in [2.05, 4.69) is 55.2 Å². The van der Waals surface area contributed by atoms with Gasteiger partial charge in [-0.25, -0.2) is 9.97 Å². The lowest BCUT2D eigenvalue weighted by molar-refractivity contribution is -0.126. The molecule has 1 amide bonds. The van der Waals surface area contributed by atoms with Crippen molar-refractivity contribution in [3.8, 4) is 6.07 Å². The molecule has 3 fully saturated rings. The van der Waals surface area contributed by atoms with Crippen molar-refractivity contribution in [3.63, 3.8) is 0 Å². The maximum Gasteiger partial charge on any atom is 0.393 e. The standard InChI is InChI=1S/C33H37F3N8OS/c1-19-21(2-3-28-26(19)9-24(14-37)44(28)16-20-8-22-12-32(22,11-20)42-29(45)15-38)17-43-6-4-23(5-7-43)41-30-27-10-25(13-33(34,35)36)46-31(27)40-18-39-30/h2-3,9-10,18,20,22-23H,4-8,11-13,15-17,38H2,1H3,(H,42,45)(H,39,40,41). The number of rotatable bonds is 9. The fraction of sp³-hybridized carbons (Fsp3) is 0.515. The third-order valence-electron chi connectivity index (χ3n) is 10.2. The molecule has 3 atom stereocenters. The Morgan fingerprint density at radius 2 is 2.00 bits per heavy atom. The molecule has 9 nitrogen and oxygen atoms in total. The third-order valence-corrected chi connectivity index (χ3v) is 11.2. The summed E-state index contributed by atoms with van der Waals surface area (Å²) in [6, 6.07) is 10.5. The number of piperidine rings is 1. The van der Waals surface area contributed by atoms with Crippen LogP contribution in [0.1, 0.15) is 53.8 Å². The maximum atomic E-state index is 12.9. The molecule has 2 saturated carbocycles.